The van der Waals surface area contributed by atoms with E-state index in [-0.39, 0.29) is 29.3 Å². The average Bonchev–Trinajstić information content (AvgIpc) is 3.03. The van der Waals surface area contributed by atoms with Gasteiger partial charge in [-0.1, -0.05) is 50.2 Å². The van der Waals surface area contributed by atoms with Crippen molar-refractivity contribution in [1.82, 2.24) is 0 Å². The number of nitrogens with one attached hydrogen (secondary N) is 1. The minimum atomic E-state index is -0.651. The molecule has 2 atom stereocenters. The van der Waals surface area contributed by atoms with E-state index in [1.54, 1.807) is 24.1 Å². The maximum Gasteiger partial charge on any atom is 0.228 e. The highest BCUT2D eigenvalue weighted by Crippen LogP contribution is 2.47. The number of carbonyl (C=O) groups is 2. The topological polar surface area (TPSA) is 58.6 Å². The first-order valence-electron chi connectivity index (χ1n) is 12.7. The number of Topliss-reactive ketones (excluding diaryl/α,β-unsaturated/α-hetero) is 1. The summed E-state index contributed by atoms with van der Waals surface area (Å²) in [5.41, 5.74) is 4.64. The number of hydrogen-bond donors (Lipinski definition) is 1. The van der Waals surface area contributed by atoms with Crippen molar-refractivity contribution in [1.29, 1.82) is 0 Å². The van der Waals surface area contributed by atoms with Crippen LogP contribution in [0.2, 0.25) is 0 Å². The number of ketones is 1. The molecular formula is C31H31FN2O3. The van der Waals surface area contributed by atoms with Gasteiger partial charge in [-0.25, -0.2) is 4.39 Å². The van der Waals surface area contributed by atoms with Crippen LogP contribution < -0.4 is 15.0 Å². The lowest BCUT2D eigenvalue weighted by Crippen LogP contribution is -2.39. The molecule has 0 radical (unpaired) electrons. The normalized spacial score (nSPS) is 19.2. The number of hydrogen-bond acceptors (Lipinski definition) is 4. The minimum Gasteiger partial charge on any atom is -0.497 e. The molecule has 3 aromatic rings. The number of fused-ring (bicyclic) bond motifs is 1. The smallest absolute Gasteiger partial charge is 0.228 e. The number of ether oxygens (including phenoxy) is 1. The number of benzene rings is 3. The molecule has 5 nitrogen and oxygen atoms in total. The van der Waals surface area contributed by atoms with E-state index in [9.17, 15) is 14.0 Å². The van der Waals surface area contributed by atoms with Crippen LogP contribution in [-0.2, 0) is 9.59 Å². The summed E-state index contributed by atoms with van der Waals surface area (Å²) >= 11 is 0. The molecule has 1 N–H and O–H groups in total. The highest BCUT2D eigenvalue weighted by atomic mass is 19.1. The molecule has 190 valence electrons. The Labute approximate surface area is 217 Å². The van der Waals surface area contributed by atoms with E-state index >= 15 is 0 Å². The molecule has 6 heteroatoms. The van der Waals surface area contributed by atoms with Crippen LogP contribution in [0.25, 0.3) is 0 Å². The number of para-hydroxylation sites is 2. The number of anilines is 2. The fraction of sp³-hybridized carbons (Fsp3) is 0.290. The van der Waals surface area contributed by atoms with Gasteiger partial charge in [-0.2, -0.15) is 0 Å². The van der Waals surface area contributed by atoms with E-state index in [0.717, 1.165) is 22.7 Å². The largest absolute Gasteiger partial charge is 0.497 e. The molecule has 0 bridgehead atoms. The Morgan fingerprint density at radius 2 is 1.68 bits per heavy atom. The molecule has 3 aromatic carbocycles. The summed E-state index contributed by atoms with van der Waals surface area (Å²) in [6.45, 7) is 4.01. The molecule has 0 spiro atoms. The second-order valence-electron chi connectivity index (χ2n) is 10.2. The summed E-state index contributed by atoms with van der Waals surface area (Å²) in [4.78, 5) is 29.5. The highest BCUT2D eigenvalue weighted by molar-refractivity contribution is 6.06. The van der Waals surface area contributed by atoms with Gasteiger partial charge < -0.3 is 10.1 Å². The summed E-state index contributed by atoms with van der Waals surface area (Å²) in [6, 6.07) is 21.0. The summed E-state index contributed by atoms with van der Waals surface area (Å²) < 4.78 is 19.2. The summed E-state index contributed by atoms with van der Waals surface area (Å²) in [7, 11) is 1.63. The Morgan fingerprint density at radius 3 is 2.35 bits per heavy atom. The number of rotatable bonds is 5. The van der Waals surface area contributed by atoms with Gasteiger partial charge in [-0.15, -0.1) is 0 Å². The monoisotopic (exact) mass is 498 g/mol. The predicted octanol–water partition coefficient (Wildman–Crippen LogP) is 6.78. The molecule has 5 rings (SSSR count). The van der Waals surface area contributed by atoms with Gasteiger partial charge in [0.25, 0.3) is 0 Å². The highest BCUT2D eigenvalue weighted by Gasteiger charge is 2.41. The van der Waals surface area contributed by atoms with Crippen molar-refractivity contribution in [2.24, 2.45) is 5.92 Å². The summed E-state index contributed by atoms with van der Waals surface area (Å²) in [5.74, 6) is 0.447. The number of allylic oxidation sites excluding steroid dienone is 1. The molecule has 1 aliphatic heterocycles. The van der Waals surface area contributed by atoms with Crippen LogP contribution >= 0.6 is 0 Å². The summed E-state index contributed by atoms with van der Waals surface area (Å²) in [5, 5.41) is 3.53. The SMILES string of the molecule is COc1ccc([C@H]2CC(=O)C3=C(C2)Nc2ccccc2N(C(=O)CC(C)C)[C@@H]3c2ccc(F)cc2)cc1. The van der Waals surface area contributed by atoms with Crippen molar-refractivity contribution in [3.8, 4) is 5.75 Å². The third kappa shape index (κ3) is 4.88. The van der Waals surface area contributed by atoms with Gasteiger partial charge in [0, 0.05) is 24.1 Å². The minimum absolute atomic E-state index is 0.0106. The lowest BCUT2D eigenvalue weighted by atomic mass is 9.78. The van der Waals surface area contributed by atoms with Crippen LogP contribution in [0.15, 0.2) is 84.1 Å². The van der Waals surface area contributed by atoms with Crippen LogP contribution in [0.1, 0.15) is 56.2 Å². The maximum absolute atomic E-state index is 13.9. The van der Waals surface area contributed by atoms with E-state index < -0.39 is 6.04 Å². The number of methoxy groups -OCH3 is 1. The second-order valence-corrected chi connectivity index (χ2v) is 10.2. The standard InChI is InChI=1S/C31H31FN2O3/c1-19(2)16-29(36)34-27-7-5-4-6-25(27)33-26-17-22(20-10-14-24(37-3)15-11-20)18-28(35)30(26)31(34)21-8-12-23(32)13-9-21/h4-15,19,22,31,33H,16-18H2,1-3H3/t22-,31-/m1/s1. The zero-order valence-electron chi connectivity index (χ0n) is 21.3. The third-order valence-electron chi connectivity index (χ3n) is 7.11. The molecule has 1 amide bonds. The van der Waals surface area contributed by atoms with Gasteiger partial charge in [-0.3, -0.25) is 14.5 Å². The Hall–Kier alpha value is -3.93. The molecule has 0 saturated carbocycles. The van der Waals surface area contributed by atoms with Gasteiger partial charge in [0.2, 0.25) is 5.91 Å². The van der Waals surface area contributed by atoms with Crippen LogP contribution in [0.3, 0.4) is 0 Å². The first-order valence-corrected chi connectivity index (χ1v) is 12.7. The number of nitrogens with zero attached hydrogens (tertiary/aromatic N) is 1. The zero-order chi connectivity index (χ0) is 26.1. The van der Waals surface area contributed by atoms with Crippen LogP contribution in [0, 0.1) is 11.7 Å². The van der Waals surface area contributed by atoms with Crippen molar-refractivity contribution in [2.75, 3.05) is 17.3 Å². The van der Waals surface area contributed by atoms with E-state index in [4.69, 9.17) is 4.74 Å². The molecule has 0 aromatic heterocycles. The molecule has 37 heavy (non-hydrogen) atoms. The number of carbonyl (C=O) groups excluding carboxylic acids is 2. The molecule has 0 saturated heterocycles. The first-order chi connectivity index (χ1) is 17.9. The van der Waals surface area contributed by atoms with Crippen molar-refractivity contribution < 1.29 is 18.7 Å². The van der Waals surface area contributed by atoms with Crippen molar-refractivity contribution in [3.05, 3.63) is 101 Å². The Balaban J connectivity index is 1.67. The molecule has 1 aliphatic carbocycles. The molecule has 0 unspecified atom stereocenters. The second kappa shape index (κ2) is 10.2. The molecule has 2 aliphatic rings. The zero-order valence-corrected chi connectivity index (χ0v) is 21.3. The summed E-state index contributed by atoms with van der Waals surface area (Å²) in [6.07, 6.45) is 1.27. The quantitative estimate of drug-likeness (QED) is 0.421. The third-order valence-corrected chi connectivity index (χ3v) is 7.11. The van der Waals surface area contributed by atoms with Crippen molar-refractivity contribution in [3.63, 3.8) is 0 Å². The van der Waals surface area contributed by atoms with Gasteiger partial charge in [0.15, 0.2) is 5.78 Å². The Morgan fingerprint density at radius 1 is 1.00 bits per heavy atom. The lowest BCUT2D eigenvalue weighted by Gasteiger charge is -2.35. The van der Waals surface area contributed by atoms with Crippen molar-refractivity contribution >= 4 is 23.1 Å². The van der Waals surface area contributed by atoms with Crippen LogP contribution in [0.4, 0.5) is 15.8 Å². The van der Waals surface area contributed by atoms with E-state index in [1.165, 1.54) is 12.1 Å². The van der Waals surface area contributed by atoms with Gasteiger partial charge in [0.05, 0.1) is 24.5 Å². The first kappa shape index (κ1) is 24.8. The van der Waals surface area contributed by atoms with Crippen LogP contribution in [-0.4, -0.2) is 18.8 Å². The van der Waals surface area contributed by atoms with Gasteiger partial charge in [0.1, 0.15) is 11.6 Å². The molecule has 1 heterocycles. The maximum atomic E-state index is 13.9. The van der Waals surface area contributed by atoms with Gasteiger partial charge >= 0.3 is 0 Å². The predicted molar refractivity (Wildman–Crippen MR) is 143 cm³/mol. The fourth-order valence-electron chi connectivity index (χ4n) is 5.39. The van der Waals surface area contributed by atoms with Gasteiger partial charge in [-0.05, 0) is 65.8 Å². The number of halogens is 1. The lowest BCUT2D eigenvalue weighted by molar-refractivity contribution is -0.119. The van der Waals surface area contributed by atoms with E-state index in [2.05, 4.69) is 5.32 Å². The van der Waals surface area contributed by atoms with Crippen molar-refractivity contribution in [2.45, 2.75) is 45.1 Å². The Kier molecular flexibility index (Phi) is 6.83. The average molecular weight is 499 g/mol. The number of amides is 1. The van der Waals surface area contributed by atoms with E-state index in [1.807, 2.05) is 62.4 Å². The molecule has 0 fully saturated rings. The Bertz CT molecular complexity index is 1350. The fourth-order valence-corrected chi connectivity index (χ4v) is 5.39. The molecular weight excluding hydrogens is 467 g/mol. The van der Waals surface area contributed by atoms with E-state index in [0.29, 0.717) is 36.1 Å². The van der Waals surface area contributed by atoms with Crippen LogP contribution in [0.5, 0.6) is 5.75 Å².